The number of rotatable bonds is 2. The van der Waals surface area contributed by atoms with Crippen LogP contribution in [0.3, 0.4) is 0 Å². The molecule has 8 heteroatoms. The van der Waals surface area contributed by atoms with Crippen LogP contribution in [0.1, 0.15) is 24.3 Å². The standard InChI is InChI=1S/C13H11F5N2O/c1-6(21)7-3-8(14)11(9(15)4-7)12-19-10(5-20(12)2)13(16,17)18/h3-6,21H,1-2H3. The predicted molar refractivity (Wildman–Crippen MR) is 64.2 cm³/mol. The van der Waals surface area contributed by atoms with Gasteiger partial charge < -0.3 is 9.67 Å². The van der Waals surface area contributed by atoms with Crippen LogP contribution < -0.4 is 0 Å². The SMILES string of the molecule is CC(O)c1cc(F)c(-c2nc(C(F)(F)F)cn2C)c(F)c1. The third-order valence-electron chi connectivity index (χ3n) is 2.94. The van der Waals surface area contributed by atoms with Gasteiger partial charge in [-0.2, -0.15) is 13.2 Å². The van der Waals surface area contributed by atoms with E-state index in [1.165, 1.54) is 14.0 Å². The molecule has 0 saturated carbocycles. The molecular weight excluding hydrogens is 295 g/mol. The molecule has 2 aromatic rings. The van der Waals surface area contributed by atoms with Crippen molar-refractivity contribution in [2.24, 2.45) is 7.05 Å². The Bertz CT molecular complexity index is 653. The zero-order chi connectivity index (χ0) is 15.9. The molecule has 0 aliphatic rings. The number of nitrogens with zero attached hydrogens (tertiary/aromatic N) is 2. The fourth-order valence-electron chi connectivity index (χ4n) is 1.88. The number of benzene rings is 1. The quantitative estimate of drug-likeness (QED) is 0.863. The van der Waals surface area contributed by atoms with E-state index in [-0.39, 0.29) is 5.56 Å². The molecule has 114 valence electrons. The van der Waals surface area contributed by atoms with Gasteiger partial charge in [0.2, 0.25) is 0 Å². The maximum absolute atomic E-state index is 14.0. The number of halogens is 5. The van der Waals surface area contributed by atoms with E-state index in [1.54, 1.807) is 0 Å². The summed E-state index contributed by atoms with van der Waals surface area (Å²) in [6.45, 7) is 1.32. The second-order valence-electron chi connectivity index (χ2n) is 4.59. The third-order valence-corrected chi connectivity index (χ3v) is 2.94. The molecule has 0 radical (unpaired) electrons. The number of alkyl halides is 3. The average molecular weight is 306 g/mol. The molecule has 0 aliphatic heterocycles. The molecule has 3 nitrogen and oxygen atoms in total. The van der Waals surface area contributed by atoms with Crippen LogP contribution in [0.5, 0.6) is 0 Å². The van der Waals surface area contributed by atoms with E-state index in [4.69, 9.17) is 0 Å². The normalized spacial score (nSPS) is 13.5. The first kappa shape index (κ1) is 15.4. The van der Waals surface area contributed by atoms with Crippen LogP contribution in [-0.4, -0.2) is 14.7 Å². The van der Waals surface area contributed by atoms with Crippen molar-refractivity contribution in [1.29, 1.82) is 0 Å². The highest BCUT2D eigenvalue weighted by Gasteiger charge is 2.35. The molecule has 21 heavy (non-hydrogen) atoms. The molecule has 1 heterocycles. The van der Waals surface area contributed by atoms with Gasteiger partial charge >= 0.3 is 6.18 Å². The van der Waals surface area contributed by atoms with Crippen LogP contribution in [-0.2, 0) is 13.2 Å². The van der Waals surface area contributed by atoms with Gasteiger partial charge in [0.25, 0.3) is 0 Å². The minimum absolute atomic E-state index is 0.0148. The average Bonchev–Trinajstić information content (AvgIpc) is 2.70. The second kappa shape index (κ2) is 5.10. The van der Waals surface area contributed by atoms with Crippen molar-refractivity contribution in [3.05, 3.63) is 41.2 Å². The number of aliphatic hydroxyl groups excluding tert-OH is 1. The van der Waals surface area contributed by atoms with Crippen molar-refractivity contribution in [3.63, 3.8) is 0 Å². The van der Waals surface area contributed by atoms with E-state index in [0.717, 1.165) is 16.7 Å². The maximum Gasteiger partial charge on any atom is 0.434 e. The summed E-state index contributed by atoms with van der Waals surface area (Å²) in [7, 11) is 1.21. The minimum Gasteiger partial charge on any atom is -0.389 e. The zero-order valence-electron chi connectivity index (χ0n) is 11.0. The Morgan fingerprint density at radius 1 is 1.19 bits per heavy atom. The Hall–Kier alpha value is -1.96. The van der Waals surface area contributed by atoms with Crippen molar-refractivity contribution in [2.45, 2.75) is 19.2 Å². The van der Waals surface area contributed by atoms with E-state index < -0.39 is 41.0 Å². The van der Waals surface area contributed by atoms with Gasteiger partial charge in [-0.1, -0.05) is 0 Å². The lowest BCUT2D eigenvalue weighted by Gasteiger charge is -2.09. The van der Waals surface area contributed by atoms with Gasteiger partial charge in [0.1, 0.15) is 17.5 Å². The highest BCUT2D eigenvalue weighted by molar-refractivity contribution is 5.59. The fraction of sp³-hybridized carbons (Fsp3) is 0.308. The van der Waals surface area contributed by atoms with E-state index in [2.05, 4.69) is 4.98 Å². The topological polar surface area (TPSA) is 38.1 Å². The van der Waals surface area contributed by atoms with Crippen molar-refractivity contribution >= 4 is 0 Å². The smallest absolute Gasteiger partial charge is 0.389 e. The number of imidazole rings is 1. The lowest BCUT2D eigenvalue weighted by Crippen LogP contribution is -2.05. The number of aryl methyl sites for hydroxylation is 1. The largest absolute Gasteiger partial charge is 0.434 e. The number of hydrogen-bond acceptors (Lipinski definition) is 2. The third kappa shape index (κ3) is 2.90. The molecule has 2 rings (SSSR count). The van der Waals surface area contributed by atoms with Gasteiger partial charge in [-0.3, -0.25) is 0 Å². The molecule has 1 aromatic carbocycles. The number of aliphatic hydroxyl groups is 1. The molecule has 1 aromatic heterocycles. The van der Waals surface area contributed by atoms with Crippen molar-refractivity contribution in [2.75, 3.05) is 0 Å². The molecular formula is C13H11F5N2O. The van der Waals surface area contributed by atoms with E-state index >= 15 is 0 Å². The molecule has 1 N–H and O–H groups in total. The summed E-state index contributed by atoms with van der Waals surface area (Å²) in [5, 5.41) is 9.30. The summed E-state index contributed by atoms with van der Waals surface area (Å²) in [6, 6.07) is 1.73. The van der Waals surface area contributed by atoms with Crippen molar-refractivity contribution in [1.82, 2.24) is 9.55 Å². The molecule has 1 unspecified atom stereocenters. The molecule has 0 saturated heterocycles. The molecule has 0 amide bonds. The van der Waals surface area contributed by atoms with E-state index in [0.29, 0.717) is 6.20 Å². The van der Waals surface area contributed by atoms with Gasteiger partial charge in [0, 0.05) is 13.2 Å². The first-order valence-electron chi connectivity index (χ1n) is 5.89. The highest BCUT2D eigenvalue weighted by atomic mass is 19.4. The van der Waals surface area contributed by atoms with Crippen molar-refractivity contribution in [3.8, 4) is 11.4 Å². The maximum atomic E-state index is 14.0. The Morgan fingerprint density at radius 3 is 2.10 bits per heavy atom. The molecule has 0 spiro atoms. The van der Waals surface area contributed by atoms with Crippen LogP contribution in [0.2, 0.25) is 0 Å². The van der Waals surface area contributed by atoms with Crippen molar-refractivity contribution < 1.29 is 27.1 Å². The van der Waals surface area contributed by atoms with Crippen LogP contribution in [0, 0.1) is 11.6 Å². The van der Waals surface area contributed by atoms with Gasteiger partial charge in [-0.05, 0) is 24.6 Å². The van der Waals surface area contributed by atoms with Gasteiger partial charge in [-0.15, -0.1) is 0 Å². The fourth-order valence-corrected chi connectivity index (χ4v) is 1.88. The Balaban J connectivity index is 2.60. The predicted octanol–water partition coefficient (Wildman–Crippen LogP) is 3.44. The lowest BCUT2D eigenvalue weighted by molar-refractivity contribution is -0.140. The lowest BCUT2D eigenvalue weighted by atomic mass is 10.1. The Kier molecular flexibility index (Phi) is 3.75. The second-order valence-corrected chi connectivity index (χ2v) is 4.59. The van der Waals surface area contributed by atoms with Crippen LogP contribution >= 0.6 is 0 Å². The summed E-state index contributed by atoms with van der Waals surface area (Å²) in [6.07, 6.45) is -5.16. The Labute approximate surface area is 116 Å². The van der Waals surface area contributed by atoms with Crippen LogP contribution in [0.25, 0.3) is 11.4 Å². The molecule has 0 fully saturated rings. The van der Waals surface area contributed by atoms with E-state index in [1.807, 2.05) is 0 Å². The summed E-state index contributed by atoms with van der Waals surface area (Å²) in [5.41, 5.74) is -1.92. The summed E-state index contributed by atoms with van der Waals surface area (Å²) < 4.78 is 66.5. The van der Waals surface area contributed by atoms with Gasteiger partial charge in [0.05, 0.1) is 11.7 Å². The first-order chi connectivity index (χ1) is 9.61. The van der Waals surface area contributed by atoms with Crippen LogP contribution in [0.4, 0.5) is 22.0 Å². The van der Waals surface area contributed by atoms with Gasteiger partial charge in [0.15, 0.2) is 5.69 Å². The van der Waals surface area contributed by atoms with E-state index in [9.17, 15) is 27.1 Å². The number of hydrogen-bond donors (Lipinski definition) is 1. The molecule has 1 atom stereocenters. The monoisotopic (exact) mass is 306 g/mol. The summed E-state index contributed by atoms with van der Waals surface area (Å²) in [5.74, 6) is -2.66. The minimum atomic E-state index is -4.71. The zero-order valence-corrected chi connectivity index (χ0v) is 11.0. The molecule has 0 bridgehead atoms. The summed E-state index contributed by atoms with van der Waals surface area (Å²) in [4.78, 5) is 3.24. The summed E-state index contributed by atoms with van der Waals surface area (Å²) >= 11 is 0. The molecule has 0 aliphatic carbocycles. The Morgan fingerprint density at radius 2 is 1.71 bits per heavy atom. The first-order valence-corrected chi connectivity index (χ1v) is 5.89. The number of aromatic nitrogens is 2. The van der Waals surface area contributed by atoms with Gasteiger partial charge in [-0.25, -0.2) is 13.8 Å². The van der Waals surface area contributed by atoms with Crippen LogP contribution in [0.15, 0.2) is 18.3 Å². The highest BCUT2D eigenvalue weighted by Crippen LogP contribution is 2.33.